The number of nitrogens with one attached hydrogen (secondary N) is 1. The van der Waals surface area contributed by atoms with Crippen molar-refractivity contribution in [1.29, 1.82) is 0 Å². The number of hydrogen-bond donors (Lipinski definition) is 1. The Kier molecular flexibility index (Phi) is 5.27. The zero-order valence-electron chi connectivity index (χ0n) is 13.2. The summed E-state index contributed by atoms with van der Waals surface area (Å²) in [5.41, 5.74) is 0.246. The van der Waals surface area contributed by atoms with Gasteiger partial charge >= 0.3 is 0 Å². The molecule has 0 radical (unpaired) electrons. The molecule has 1 aliphatic heterocycles. The van der Waals surface area contributed by atoms with Crippen LogP contribution in [0.2, 0.25) is 0 Å². The zero-order valence-corrected chi connectivity index (χ0v) is 13.2. The van der Waals surface area contributed by atoms with Crippen LogP contribution in [0.25, 0.3) is 0 Å². The van der Waals surface area contributed by atoms with Gasteiger partial charge in [-0.2, -0.15) is 0 Å². The number of ether oxygens (including phenoxy) is 1. The van der Waals surface area contributed by atoms with Crippen molar-refractivity contribution in [2.24, 2.45) is 5.92 Å². The Morgan fingerprint density at radius 2 is 2.00 bits per heavy atom. The lowest BCUT2D eigenvalue weighted by Gasteiger charge is -2.48. The van der Waals surface area contributed by atoms with E-state index < -0.39 is 0 Å². The maximum Gasteiger partial charge on any atom is 0.0702 e. The van der Waals surface area contributed by atoms with E-state index in [0.717, 1.165) is 25.1 Å². The molecule has 112 valence electrons. The van der Waals surface area contributed by atoms with Crippen molar-refractivity contribution < 1.29 is 4.74 Å². The molecule has 19 heavy (non-hydrogen) atoms. The molecule has 1 heterocycles. The van der Waals surface area contributed by atoms with Gasteiger partial charge in [-0.1, -0.05) is 0 Å². The molecule has 0 spiro atoms. The van der Waals surface area contributed by atoms with Crippen LogP contribution in [-0.2, 0) is 4.74 Å². The molecule has 3 unspecified atom stereocenters. The highest BCUT2D eigenvalue weighted by molar-refractivity contribution is 4.93. The molecule has 0 bridgehead atoms. The fourth-order valence-corrected chi connectivity index (χ4v) is 3.35. The predicted octanol–water partition coefficient (Wildman–Crippen LogP) is 2.65. The van der Waals surface area contributed by atoms with Gasteiger partial charge in [0.25, 0.3) is 0 Å². The van der Waals surface area contributed by atoms with E-state index in [9.17, 15) is 0 Å². The molecule has 0 aromatic carbocycles. The average molecular weight is 268 g/mol. The second-order valence-electron chi connectivity index (χ2n) is 7.25. The van der Waals surface area contributed by atoms with Crippen molar-refractivity contribution in [2.45, 2.75) is 71.1 Å². The van der Waals surface area contributed by atoms with E-state index in [1.807, 2.05) is 0 Å². The van der Waals surface area contributed by atoms with Gasteiger partial charge in [-0.05, 0) is 72.4 Å². The van der Waals surface area contributed by atoms with E-state index in [0.29, 0.717) is 6.10 Å². The second-order valence-corrected chi connectivity index (χ2v) is 7.25. The summed E-state index contributed by atoms with van der Waals surface area (Å²) in [4.78, 5) is 2.70. The number of piperidine rings is 1. The molecular formula is C16H32N2O. The van der Waals surface area contributed by atoms with Crippen LogP contribution in [0.3, 0.4) is 0 Å². The first-order valence-corrected chi connectivity index (χ1v) is 8.10. The van der Waals surface area contributed by atoms with Crippen molar-refractivity contribution in [3.8, 4) is 0 Å². The first-order chi connectivity index (χ1) is 8.99. The Bertz CT molecular complexity index is 272. The van der Waals surface area contributed by atoms with E-state index in [2.05, 4.69) is 37.9 Å². The van der Waals surface area contributed by atoms with Crippen LogP contribution in [0, 0.1) is 5.92 Å². The van der Waals surface area contributed by atoms with E-state index in [-0.39, 0.29) is 5.54 Å². The Morgan fingerprint density at radius 3 is 2.58 bits per heavy atom. The highest BCUT2D eigenvalue weighted by atomic mass is 16.5. The average Bonchev–Trinajstić information content (AvgIpc) is 2.27. The fraction of sp³-hybridized carbons (Fsp3) is 1.00. The lowest BCUT2D eigenvalue weighted by atomic mass is 9.77. The first-order valence-electron chi connectivity index (χ1n) is 8.10. The van der Waals surface area contributed by atoms with Gasteiger partial charge in [-0.15, -0.1) is 0 Å². The zero-order chi connectivity index (χ0) is 13.9. The molecule has 1 saturated heterocycles. The van der Waals surface area contributed by atoms with Gasteiger partial charge in [0.2, 0.25) is 0 Å². The van der Waals surface area contributed by atoms with Crippen molar-refractivity contribution in [2.75, 3.05) is 26.2 Å². The summed E-state index contributed by atoms with van der Waals surface area (Å²) in [6, 6.07) is 0.804. The summed E-state index contributed by atoms with van der Waals surface area (Å²) in [5, 5.41) is 3.67. The Balaban J connectivity index is 1.78. The van der Waals surface area contributed by atoms with Crippen LogP contribution >= 0.6 is 0 Å². The normalized spacial score (nSPS) is 33.2. The first kappa shape index (κ1) is 15.3. The van der Waals surface area contributed by atoms with Gasteiger partial charge < -0.3 is 10.1 Å². The van der Waals surface area contributed by atoms with Crippen LogP contribution in [0.1, 0.15) is 53.4 Å². The molecule has 0 aromatic rings. The van der Waals surface area contributed by atoms with Crippen molar-refractivity contribution >= 4 is 0 Å². The fourth-order valence-electron chi connectivity index (χ4n) is 3.35. The molecular weight excluding hydrogens is 236 g/mol. The largest absolute Gasteiger partial charge is 0.377 e. The summed E-state index contributed by atoms with van der Waals surface area (Å²) >= 11 is 0. The third-order valence-electron chi connectivity index (χ3n) is 4.55. The minimum atomic E-state index is 0.246. The molecule has 2 rings (SSSR count). The lowest BCUT2D eigenvalue weighted by Crippen LogP contribution is -2.56. The topological polar surface area (TPSA) is 24.5 Å². The number of rotatable bonds is 5. The molecule has 1 N–H and O–H groups in total. The molecule has 3 nitrogen and oxygen atoms in total. The Hall–Kier alpha value is -0.120. The van der Waals surface area contributed by atoms with Crippen LogP contribution in [0.4, 0.5) is 0 Å². The molecule has 0 aromatic heterocycles. The summed E-state index contributed by atoms with van der Waals surface area (Å²) < 4.78 is 5.82. The number of nitrogens with zero attached hydrogens (tertiary/aromatic N) is 1. The van der Waals surface area contributed by atoms with E-state index in [1.54, 1.807) is 0 Å². The molecule has 0 amide bonds. The standard InChI is InChI=1S/C16H32N2O/c1-5-19-14-7-6-10-18(12-14)15-9-8-13(15)11-17-16(2,3)4/h13-15,17H,5-12H2,1-4H3. The van der Waals surface area contributed by atoms with Gasteiger partial charge in [-0.3, -0.25) is 4.90 Å². The van der Waals surface area contributed by atoms with E-state index >= 15 is 0 Å². The Labute approximate surface area is 119 Å². The van der Waals surface area contributed by atoms with Crippen LogP contribution < -0.4 is 5.32 Å². The van der Waals surface area contributed by atoms with Gasteiger partial charge in [0, 0.05) is 24.7 Å². The monoisotopic (exact) mass is 268 g/mol. The predicted molar refractivity (Wildman–Crippen MR) is 80.5 cm³/mol. The van der Waals surface area contributed by atoms with Crippen LogP contribution in [-0.4, -0.2) is 48.8 Å². The molecule has 1 aliphatic carbocycles. The maximum atomic E-state index is 5.82. The summed E-state index contributed by atoms with van der Waals surface area (Å²) in [6.45, 7) is 13.3. The van der Waals surface area contributed by atoms with Gasteiger partial charge in [-0.25, -0.2) is 0 Å². The molecule has 2 fully saturated rings. The van der Waals surface area contributed by atoms with E-state index in [1.165, 1.54) is 38.8 Å². The third-order valence-corrected chi connectivity index (χ3v) is 4.55. The lowest BCUT2D eigenvalue weighted by molar-refractivity contribution is -0.0368. The van der Waals surface area contributed by atoms with Gasteiger partial charge in [0.15, 0.2) is 0 Å². The van der Waals surface area contributed by atoms with E-state index in [4.69, 9.17) is 4.74 Å². The van der Waals surface area contributed by atoms with Crippen LogP contribution in [0.5, 0.6) is 0 Å². The SMILES string of the molecule is CCOC1CCCN(C2CCC2CNC(C)(C)C)C1. The summed E-state index contributed by atoms with van der Waals surface area (Å²) in [7, 11) is 0. The number of hydrogen-bond acceptors (Lipinski definition) is 3. The van der Waals surface area contributed by atoms with Crippen molar-refractivity contribution in [1.82, 2.24) is 10.2 Å². The molecule has 2 aliphatic rings. The molecule has 3 heteroatoms. The third kappa shape index (κ3) is 4.44. The summed E-state index contributed by atoms with van der Waals surface area (Å²) in [6.07, 6.45) is 5.82. The molecule has 3 atom stereocenters. The minimum Gasteiger partial charge on any atom is -0.377 e. The molecule has 1 saturated carbocycles. The van der Waals surface area contributed by atoms with Gasteiger partial charge in [0.1, 0.15) is 0 Å². The van der Waals surface area contributed by atoms with Crippen molar-refractivity contribution in [3.05, 3.63) is 0 Å². The smallest absolute Gasteiger partial charge is 0.0702 e. The highest BCUT2D eigenvalue weighted by Gasteiger charge is 2.37. The number of likely N-dealkylation sites (tertiary alicyclic amines) is 1. The Morgan fingerprint density at radius 1 is 1.21 bits per heavy atom. The highest BCUT2D eigenvalue weighted by Crippen LogP contribution is 2.34. The quantitative estimate of drug-likeness (QED) is 0.829. The van der Waals surface area contributed by atoms with Crippen LogP contribution in [0.15, 0.2) is 0 Å². The van der Waals surface area contributed by atoms with Gasteiger partial charge in [0.05, 0.1) is 6.10 Å². The second kappa shape index (κ2) is 6.55. The minimum absolute atomic E-state index is 0.246. The van der Waals surface area contributed by atoms with Crippen molar-refractivity contribution in [3.63, 3.8) is 0 Å². The summed E-state index contributed by atoms with van der Waals surface area (Å²) in [5.74, 6) is 0.847. The maximum absolute atomic E-state index is 5.82.